The van der Waals surface area contributed by atoms with Gasteiger partial charge in [0.2, 0.25) is 11.6 Å². The van der Waals surface area contributed by atoms with E-state index in [0.29, 0.717) is 56.6 Å². The number of nitrogens with one attached hydrogen (secondary N) is 1. The number of rotatable bonds is 10. The minimum atomic E-state index is -0.507. The first-order valence-electron chi connectivity index (χ1n) is 14.4. The van der Waals surface area contributed by atoms with Crippen LogP contribution < -0.4 is 29.0 Å². The van der Waals surface area contributed by atoms with E-state index < -0.39 is 5.97 Å². The number of amides is 1. The van der Waals surface area contributed by atoms with E-state index in [9.17, 15) is 9.59 Å². The van der Waals surface area contributed by atoms with Gasteiger partial charge in [0.1, 0.15) is 11.4 Å². The Labute approximate surface area is 267 Å². The van der Waals surface area contributed by atoms with Crippen molar-refractivity contribution < 1.29 is 33.3 Å². The first-order valence-corrected chi connectivity index (χ1v) is 14.4. The fourth-order valence-corrected chi connectivity index (χ4v) is 5.19. The van der Waals surface area contributed by atoms with E-state index >= 15 is 0 Å². The normalized spacial score (nSPS) is 10.7. The maximum Gasteiger partial charge on any atom is 0.309 e. The number of ether oxygens (including phenoxy) is 5. The highest BCUT2D eigenvalue weighted by Crippen LogP contribution is 2.46. The van der Waals surface area contributed by atoms with Gasteiger partial charge in [0, 0.05) is 23.7 Å². The zero-order chi connectivity index (χ0) is 33.0. The van der Waals surface area contributed by atoms with Crippen molar-refractivity contribution in [3.63, 3.8) is 0 Å². The molecule has 0 spiro atoms. The molecule has 0 unspecified atom stereocenters. The fourth-order valence-electron chi connectivity index (χ4n) is 5.19. The molecule has 1 heterocycles. The molecule has 0 aliphatic rings. The summed E-state index contributed by atoms with van der Waals surface area (Å²) < 4.78 is 29.5. The molecule has 10 heteroatoms. The topological polar surface area (TPSA) is 110 Å². The standard InChI is InChI=1S/C36H35N3O7/c1-21-8-17-29(22(2)18-21)39-36(46-23(3)40)32(33(38-39)26-19-30(43-5)34(45-7)31(20-26)44-6)24-9-13-27(14-10-24)37-35(41)25-11-15-28(42-4)16-12-25/h8-20H,1-7H3,(H,37,41). The number of methoxy groups -OCH3 is 4. The van der Waals surface area contributed by atoms with Crippen molar-refractivity contribution >= 4 is 17.6 Å². The molecule has 0 aliphatic heterocycles. The lowest BCUT2D eigenvalue weighted by Gasteiger charge is -2.14. The summed E-state index contributed by atoms with van der Waals surface area (Å²) >= 11 is 0. The molecule has 0 radical (unpaired) electrons. The molecule has 236 valence electrons. The predicted molar refractivity (Wildman–Crippen MR) is 176 cm³/mol. The number of benzene rings is 4. The second-order valence-electron chi connectivity index (χ2n) is 10.5. The molecule has 0 aliphatic carbocycles. The lowest BCUT2D eigenvalue weighted by molar-refractivity contribution is -0.132. The minimum Gasteiger partial charge on any atom is -0.497 e. The van der Waals surface area contributed by atoms with Crippen molar-refractivity contribution in [2.75, 3.05) is 33.8 Å². The number of carbonyl (C=O) groups is 2. The summed E-state index contributed by atoms with van der Waals surface area (Å²) in [7, 11) is 6.19. The average molecular weight is 622 g/mol. The van der Waals surface area contributed by atoms with Gasteiger partial charge in [-0.2, -0.15) is 9.78 Å². The zero-order valence-corrected chi connectivity index (χ0v) is 26.8. The molecule has 1 aromatic heterocycles. The van der Waals surface area contributed by atoms with Gasteiger partial charge in [0.15, 0.2) is 11.5 Å². The molecule has 0 fully saturated rings. The molecule has 46 heavy (non-hydrogen) atoms. The van der Waals surface area contributed by atoms with E-state index in [1.165, 1.54) is 14.0 Å². The van der Waals surface area contributed by atoms with Crippen LogP contribution in [0.25, 0.3) is 28.1 Å². The molecule has 4 aromatic carbocycles. The van der Waals surface area contributed by atoms with Crippen LogP contribution in [0.1, 0.15) is 28.4 Å². The van der Waals surface area contributed by atoms with Crippen LogP contribution in [0.4, 0.5) is 5.69 Å². The Bertz CT molecular complexity index is 1870. The number of nitrogens with zero attached hydrogens (tertiary/aromatic N) is 2. The number of aryl methyl sites for hydroxylation is 2. The molecular formula is C36H35N3O7. The van der Waals surface area contributed by atoms with E-state index in [-0.39, 0.29) is 11.8 Å². The van der Waals surface area contributed by atoms with Gasteiger partial charge >= 0.3 is 5.97 Å². The van der Waals surface area contributed by atoms with Crippen molar-refractivity contribution in [1.29, 1.82) is 0 Å². The van der Waals surface area contributed by atoms with Gasteiger partial charge in [-0.1, -0.05) is 29.8 Å². The second-order valence-corrected chi connectivity index (χ2v) is 10.5. The van der Waals surface area contributed by atoms with Gasteiger partial charge in [0.25, 0.3) is 5.91 Å². The molecule has 1 amide bonds. The summed E-state index contributed by atoms with van der Waals surface area (Å²) in [6.45, 7) is 5.33. The number of esters is 1. The first kappa shape index (κ1) is 31.6. The van der Waals surface area contributed by atoms with Crippen LogP contribution in [0.5, 0.6) is 28.9 Å². The van der Waals surface area contributed by atoms with Crippen LogP contribution in [0, 0.1) is 13.8 Å². The fraction of sp³-hybridized carbons (Fsp3) is 0.194. The molecule has 0 saturated carbocycles. The van der Waals surface area contributed by atoms with Crippen LogP contribution in [0.15, 0.2) is 78.9 Å². The molecule has 10 nitrogen and oxygen atoms in total. The number of anilines is 1. The Morgan fingerprint density at radius 2 is 1.39 bits per heavy atom. The molecular weight excluding hydrogens is 586 g/mol. The molecule has 5 aromatic rings. The highest BCUT2D eigenvalue weighted by atomic mass is 16.5. The van der Waals surface area contributed by atoms with Crippen LogP contribution in [0.3, 0.4) is 0 Å². The Hall–Kier alpha value is -5.77. The zero-order valence-electron chi connectivity index (χ0n) is 26.8. The summed E-state index contributed by atoms with van der Waals surface area (Å²) in [5.74, 6) is 1.43. The lowest BCUT2D eigenvalue weighted by Crippen LogP contribution is -2.11. The van der Waals surface area contributed by atoms with Gasteiger partial charge in [-0.15, -0.1) is 0 Å². The number of aromatic nitrogens is 2. The molecule has 0 bridgehead atoms. The Morgan fingerprint density at radius 3 is 1.93 bits per heavy atom. The van der Waals surface area contributed by atoms with E-state index in [1.807, 2.05) is 44.2 Å². The third kappa shape index (κ3) is 6.37. The summed E-state index contributed by atoms with van der Waals surface area (Å²) in [4.78, 5) is 25.4. The van der Waals surface area contributed by atoms with Crippen molar-refractivity contribution in [3.8, 4) is 56.9 Å². The molecule has 5 rings (SSSR count). The average Bonchev–Trinajstić information content (AvgIpc) is 3.42. The van der Waals surface area contributed by atoms with Crippen LogP contribution in [0.2, 0.25) is 0 Å². The van der Waals surface area contributed by atoms with E-state index in [0.717, 1.165) is 16.8 Å². The maximum atomic E-state index is 12.9. The number of hydrogen-bond donors (Lipinski definition) is 1. The predicted octanol–water partition coefficient (Wildman–Crippen LogP) is 7.04. The number of carbonyl (C=O) groups excluding carboxylic acids is 2. The van der Waals surface area contributed by atoms with E-state index in [4.69, 9.17) is 28.8 Å². The smallest absolute Gasteiger partial charge is 0.309 e. The number of hydrogen-bond acceptors (Lipinski definition) is 8. The van der Waals surface area contributed by atoms with Gasteiger partial charge in [-0.05, 0) is 79.6 Å². The maximum absolute atomic E-state index is 12.9. The van der Waals surface area contributed by atoms with Gasteiger partial charge in [-0.25, -0.2) is 0 Å². The van der Waals surface area contributed by atoms with Gasteiger partial charge in [-0.3, -0.25) is 9.59 Å². The molecule has 0 saturated heterocycles. The van der Waals surface area contributed by atoms with Crippen molar-refractivity contribution in [1.82, 2.24) is 9.78 Å². The largest absolute Gasteiger partial charge is 0.497 e. The molecule has 1 N–H and O–H groups in total. The van der Waals surface area contributed by atoms with Crippen molar-refractivity contribution in [2.24, 2.45) is 0 Å². The SMILES string of the molecule is COc1ccc(C(=O)Nc2ccc(-c3c(-c4cc(OC)c(OC)c(OC)c4)nn(-c4ccc(C)cc4C)c3OC(C)=O)cc2)cc1. The summed E-state index contributed by atoms with van der Waals surface area (Å²) in [6, 6.07) is 23.6. The van der Waals surface area contributed by atoms with Gasteiger partial charge in [0.05, 0.1) is 39.7 Å². The summed E-state index contributed by atoms with van der Waals surface area (Å²) in [5, 5.41) is 7.93. The highest BCUT2D eigenvalue weighted by Gasteiger charge is 2.27. The van der Waals surface area contributed by atoms with Crippen LogP contribution in [-0.4, -0.2) is 50.1 Å². The lowest BCUT2D eigenvalue weighted by atomic mass is 10.00. The first-order chi connectivity index (χ1) is 22.2. The highest BCUT2D eigenvalue weighted by molar-refractivity contribution is 6.04. The van der Waals surface area contributed by atoms with Gasteiger partial charge < -0.3 is 29.0 Å². The second kappa shape index (κ2) is 13.5. The quantitative estimate of drug-likeness (QED) is 0.166. The summed E-state index contributed by atoms with van der Waals surface area (Å²) in [6.07, 6.45) is 0. The third-order valence-electron chi connectivity index (χ3n) is 7.39. The van der Waals surface area contributed by atoms with Crippen LogP contribution in [-0.2, 0) is 4.79 Å². The molecule has 0 atom stereocenters. The minimum absolute atomic E-state index is 0.234. The Balaban J connectivity index is 1.67. The van der Waals surface area contributed by atoms with E-state index in [2.05, 4.69) is 5.32 Å². The third-order valence-corrected chi connectivity index (χ3v) is 7.39. The monoisotopic (exact) mass is 621 g/mol. The Morgan fingerprint density at radius 1 is 0.739 bits per heavy atom. The van der Waals surface area contributed by atoms with Crippen LogP contribution >= 0.6 is 0 Å². The van der Waals surface area contributed by atoms with Crippen molar-refractivity contribution in [2.45, 2.75) is 20.8 Å². The summed E-state index contributed by atoms with van der Waals surface area (Å²) in [5.41, 5.74) is 6.22. The Kier molecular flexibility index (Phi) is 9.27. The van der Waals surface area contributed by atoms with Crippen molar-refractivity contribution in [3.05, 3.63) is 95.6 Å². The van der Waals surface area contributed by atoms with E-state index in [1.54, 1.807) is 74.5 Å².